The number of benzene rings is 2. The highest BCUT2D eigenvalue weighted by molar-refractivity contribution is 6.33. The van der Waals surface area contributed by atoms with Gasteiger partial charge in [-0.2, -0.15) is 0 Å². The Labute approximate surface area is 121 Å². The molecular weight excluding hydrogens is 286 g/mol. The van der Waals surface area contributed by atoms with Crippen LogP contribution in [0.15, 0.2) is 42.5 Å². The van der Waals surface area contributed by atoms with E-state index in [1.807, 2.05) is 0 Å². The molecule has 0 aliphatic rings. The molecular formula is C15H13Cl2FO. The third-order valence-electron chi connectivity index (χ3n) is 2.85. The van der Waals surface area contributed by atoms with Crippen LogP contribution in [-0.2, 0) is 12.8 Å². The van der Waals surface area contributed by atoms with Crippen LogP contribution in [-0.4, -0.2) is 11.2 Å². The van der Waals surface area contributed by atoms with Gasteiger partial charge in [0.15, 0.2) is 0 Å². The van der Waals surface area contributed by atoms with Crippen molar-refractivity contribution < 1.29 is 9.50 Å². The van der Waals surface area contributed by atoms with Crippen LogP contribution in [0.1, 0.15) is 11.1 Å². The molecule has 1 nitrogen and oxygen atoms in total. The van der Waals surface area contributed by atoms with Gasteiger partial charge in [0.05, 0.1) is 6.10 Å². The predicted octanol–water partition coefficient (Wildman–Crippen LogP) is 4.28. The molecule has 4 heteroatoms. The summed E-state index contributed by atoms with van der Waals surface area (Å²) in [6.45, 7) is 0. The Morgan fingerprint density at radius 3 is 2.37 bits per heavy atom. The van der Waals surface area contributed by atoms with E-state index in [0.717, 1.165) is 11.1 Å². The number of aliphatic hydroxyl groups is 1. The maximum atomic E-state index is 12.8. The molecule has 0 radical (unpaired) electrons. The first kappa shape index (κ1) is 14.3. The second-order valence-corrected chi connectivity index (χ2v) is 5.27. The zero-order valence-electron chi connectivity index (χ0n) is 10.1. The normalized spacial score (nSPS) is 12.4. The molecule has 0 saturated heterocycles. The summed E-state index contributed by atoms with van der Waals surface area (Å²) in [5, 5.41) is 11.2. The Kier molecular flexibility index (Phi) is 4.81. The lowest BCUT2D eigenvalue weighted by atomic mass is 10.0. The van der Waals surface area contributed by atoms with E-state index < -0.39 is 6.10 Å². The first-order chi connectivity index (χ1) is 9.04. The van der Waals surface area contributed by atoms with Gasteiger partial charge in [-0.05, 0) is 47.9 Å². The fourth-order valence-electron chi connectivity index (χ4n) is 1.92. The van der Waals surface area contributed by atoms with Crippen molar-refractivity contribution in [2.24, 2.45) is 0 Å². The van der Waals surface area contributed by atoms with Gasteiger partial charge in [-0.25, -0.2) is 4.39 Å². The van der Waals surface area contributed by atoms with Crippen LogP contribution < -0.4 is 0 Å². The van der Waals surface area contributed by atoms with Gasteiger partial charge in [-0.3, -0.25) is 0 Å². The molecule has 2 rings (SSSR count). The highest BCUT2D eigenvalue weighted by Crippen LogP contribution is 2.22. The van der Waals surface area contributed by atoms with Crippen molar-refractivity contribution in [3.63, 3.8) is 0 Å². The predicted molar refractivity (Wildman–Crippen MR) is 76.3 cm³/mol. The maximum absolute atomic E-state index is 12.8. The van der Waals surface area contributed by atoms with E-state index in [4.69, 9.17) is 23.2 Å². The zero-order chi connectivity index (χ0) is 13.8. The zero-order valence-corrected chi connectivity index (χ0v) is 11.6. The molecule has 0 spiro atoms. The van der Waals surface area contributed by atoms with Crippen LogP contribution in [0.5, 0.6) is 0 Å². The lowest BCUT2D eigenvalue weighted by Crippen LogP contribution is -2.14. The van der Waals surface area contributed by atoms with Gasteiger partial charge in [-0.15, -0.1) is 0 Å². The summed E-state index contributed by atoms with van der Waals surface area (Å²) in [5.41, 5.74) is 1.69. The molecule has 0 aliphatic heterocycles. The Bertz CT molecular complexity index is 555. The first-order valence-electron chi connectivity index (χ1n) is 5.91. The third kappa shape index (κ3) is 4.20. The summed E-state index contributed by atoms with van der Waals surface area (Å²) in [5.74, 6) is -0.281. The molecule has 1 unspecified atom stereocenters. The molecule has 0 amide bonds. The summed E-state index contributed by atoms with van der Waals surface area (Å²) in [6, 6.07) is 11.3. The third-order valence-corrected chi connectivity index (χ3v) is 3.45. The van der Waals surface area contributed by atoms with E-state index in [1.165, 1.54) is 12.1 Å². The van der Waals surface area contributed by atoms with Crippen molar-refractivity contribution in [3.8, 4) is 0 Å². The number of aliphatic hydroxyl groups excluding tert-OH is 1. The van der Waals surface area contributed by atoms with Gasteiger partial charge < -0.3 is 5.11 Å². The summed E-state index contributed by atoms with van der Waals surface area (Å²) in [6.07, 6.45) is 0.279. The maximum Gasteiger partial charge on any atom is 0.123 e. The highest BCUT2D eigenvalue weighted by Gasteiger charge is 2.10. The van der Waals surface area contributed by atoms with Crippen LogP contribution in [0.2, 0.25) is 10.0 Å². The molecule has 1 atom stereocenters. The van der Waals surface area contributed by atoms with Gasteiger partial charge in [0.1, 0.15) is 5.82 Å². The average molecular weight is 299 g/mol. The summed E-state index contributed by atoms with van der Waals surface area (Å²) >= 11 is 11.9. The van der Waals surface area contributed by atoms with E-state index in [2.05, 4.69) is 0 Å². The lowest BCUT2D eigenvalue weighted by molar-refractivity contribution is 0.175. The Morgan fingerprint density at radius 1 is 1.00 bits per heavy atom. The molecule has 0 bridgehead atoms. The van der Waals surface area contributed by atoms with Gasteiger partial charge in [0.25, 0.3) is 0 Å². The van der Waals surface area contributed by atoms with E-state index >= 15 is 0 Å². The fraction of sp³-hybridized carbons (Fsp3) is 0.200. The van der Waals surface area contributed by atoms with Crippen molar-refractivity contribution in [1.82, 2.24) is 0 Å². The van der Waals surface area contributed by atoms with Crippen LogP contribution in [0, 0.1) is 5.82 Å². The van der Waals surface area contributed by atoms with Gasteiger partial charge in [0, 0.05) is 16.5 Å². The average Bonchev–Trinajstić information content (AvgIpc) is 2.37. The van der Waals surface area contributed by atoms with Gasteiger partial charge in [0.2, 0.25) is 0 Å². The second-order valence-electron chi connectivity index (χ2n) is 4.42. The molecule has 2 aromatic rings. The quantitative estimate of drug-likeness (QED) is 0.893. The highest BCUT2D eigenvalue weighted by atomic mass is 35.5. The number of halogens is 3. The molecule has 2 aromatic carbocycles. The van der Waals surface area contributed by atoms with E-state index in [0.29, 0.717) is 22.9 Å². The second kappa shape index (κ2) is 6.38. The standard InChI is InChI=1S/C15H13Cl2FO/c16-12-3-6-15(17)11(8-12)9-14(19)7-10-1-4-13(18)5-2-10/h1-6,8,14,19H,7,9H2. The summed E-state index contributed by atoms with van der Waals surface area (Å²) in [7, 11) is 0. The topological polar surface area (TPSA) is 20.2 Å². The minimum Gasteiger partial charge on any atom is -0.392 e. The molecule has 1 N–H and O–H groups in total. The van der Waals surface area contributed by atoms with Crippen LogP contribution >= 0.6 is 23.2 Å². The molecule has 0 saturated carbocycles. The molecule has 0 heterocycles. The minimum absolute atomic E-state index is 0.281. The number of hydrogen-bond acceptors (Lipinski definition) is 1. The van der Waals surface area contributed by atoms with Crippen molar-refractivity contribution in [2.45, 2.75) is 18.9 Å². The fourth-order valence-corrected chi connectivity index (χ4v) is 2.31. The Hall–Kier alpha value is -1.09. The number of hydrogen-bond donors (Lipinski definition) is 1. The van der Waals surface area contributed by atoms with E-state index in [9.17, 15) is 9.50 Å². The first-order valence-corrected chi connectivity index (χ1v) is 6.66. The summed E-state index contributed by atoms with van der Waals surface area (Å²) in [4.78, 5) is 0. The monoisotopic (exact) mass is 298 g/mol. The van der Waals surface area contributed by atoms with Crippen molar-refractivity contribution >= 4 is 23.2 Å². The largest absolute Gasteiger partial charge is 0.392 e. The molecule has 0 aliphatic carbocycles. The lowest BCUT2D eigenvalue weighted by Gasteiger charge is -2.12. The smallest absolute Gasteiger partial charge is 0.123 e. The van der Waals surface area contributed by atoms with Gasteiger partial charge in [-0.1, -0.05) is 35.3 Å². The molecule has 0 aromatic heterocycles. The van der Waals surface area contributed by atoms with Crippen LogP contribution in [0.3, 0.4) is 0 Å². The van der Waals surface area contributed by atoms with Crippen LogP contribution in [0.25, 0.3) is 0 Å². The van der Waals surface area contributed by atoms with E-state index in [-0.39, 0.29) is 5.82 Å². The van der Waals surface area contributed by atoms with Crippen LogP contribution in [0.4, 0.5) is 4.39 Å². The molecule has 19 heavy (non-hydrogen) atoms. The van der Waals surface area contributed by atoms with Crippen molar-refractivity contribution in [1.29, 1.82) is 0 Å². The van der Waals surface area contributed by atoms with Crippen molar-refractivity contribution in [3.05, 3.63) is 69.5 Å². The SMILES string of the molecule is OC(Cc1ccc(F)cc1)Cc1cc(Cl)ccc1Cl. The Morgan fingerprint density at radius 2 is 1.68 bits per heavy atom. The van der Waals surface area contributed by atoms with Crippen molar-refractivity contribution in [2.75, 3.05) is 0 Å². The molecule has 100 valence electrons. The number of rotatable bonds is 4. The summed E-state index contributed by atoms with van der Waals surface area (Å²) < 4.78 is 12.8. The van der Waals surface area contributed by atoms with Gasteiger partial charge >= 0.3 is 0 Å². The molecule has 0 fully saturated rings. The van der Waals surface area contributed by atoms with E-state index in [1.54, 1.807) is 30.3 Å². The minimum atomic E-state index is -0.582. The Balaban J connectivity index is 2.02.